The number of rotatable bonds is 0. The molecule has 15 heavy (non-hydrogen) atoms. The van der Waals surface area contributed by atoms with Gasteiger partial charge in [0.15, 0.2) is 0 Å². The Balaban J connectivity index is -0.0000000189. The maximum absolute atomic E-state index is 9.66. The molecule has 0 radical (unpaired) electrons. The maximum atomic E-state index is 9.66. The average molecular weight is 304 g/mol. The summed E-state index contributed by atoms with van der Waals surface area (Å²) in [6.07, 6.45) is 0. The van der Waals surface area contributed by atoms with Gasteiger partial charge in [0, 0.05) is 7.37 Å². The van der Waals surface area contributed by atoms with Crippen molar-refractivity contribution in [2.45, 2.75) is 0 Å². The maximum Gasteiger partial charge on any atom is 1.00 e. The third-order valence-electron chi connectivity index (χ3n) is 0. The van der Waals surface area contributed by atoms with Crippen molar-refractivity contribution < 1.29 is 117 Å². The van der Waals surface area contributed by atoms with E-state index in [4.69, 9.17) is 18.9 Å². The van der Waals surface area contributed by atoms with Crippen LogP contribution in [0, 0.1) is 0 Å². The van der Waals surface area contributed by atoms with Gasteiger partial charge in [-0.1, -0.05) is 9.13 Å². The molecular formula is C3H10Na3O6P3+2. The molecule has 0 aliphatic carbocycles. The van der Waals surface area contributed by atoms with Crippen molar-refractivity contribution in [2.75, 3.05) is 20.0 Å². The monoisotopic (exact) mass is 304 g/mol. The standard InChI is InChI=1S/C2H7O2P.CH3O2P.3Na.HO2P/c1-5(2,3)4;1-4(2)3;;;;1-3-2/h1-2H3,(H,3,4);1H3;;;;3H/q;;3*+1;/p-1. The van der Waals surface area contributed by atoms with E-state index in [0.29, 0.717) is 0 Å². The molecule has 6 nitrogen and oxygen atoms in total. The van der Waals surface area contributed by atoms with Gasteiger partial charge in [0.05, 0.1) is 0 Å². The SMILES string of the molecule is CP(C)(=O)[O-].C[P+](=O)[O-].O=[PH+][O-].[Na+].[Na+].[Na+]. The van der Waals surface area contributed by atoms with Crippen molar-refractivity contribution in [3.05, 3.63) is 0 Å². The van der Waals surface area contributed by atoms with Gasteiger partial charge >= 0.3 is 96.7 Å². The summed E-state index contributed by atoms with van der Waals surface area (Å²) in [7, 11) is -6.43. The van der Waals surface area contributed by atoms with Crippen LogP contribution in [-0.4, -0.2) is 20.0 Å². The Labute approximate surface area is 158 Å². The van der Waals surface area contributed by atoms with Crippen LogP contribution in [0.3, 0.4) is 0 Å². The fourth-order valence-corrected chi connectivity index (χ4v) is 0. The fourth-order valence-electron chi connectivity index (χ4n) is 0. The Morgan fingerprint density at radius 2 is 1.20 bits per heavy atom. The van der Waals surface area contributed by atoms with Crippen LogP contribution >= 0.6 is 24.1 Å². The minimum atomic E-state index is -2.89. The average Bonchev–Trinajstić information content (AvgIpc) is 1.56. The molecule has 0 saturated heterocycles. The zero-order chi connectivity index (χ0) is 10.8. The molecule has 0 aromatic carbocycles. The van der Waals surface area contributed by atoms with E-state index in [1.807, 2.05) is 0 Å². The predicted octanol–water partition coefficient (Wildman–Crippen LogP) is -10.1. The van der Waals surface area contributed by atoms with E-state index >= 15 is 0 Å². The molecule has 0 aliphatic rings. The van der Waals surface area contributed by atoms with Crippen LogP contribution in [0.5, 0.6) is 0 Å². The summed E-state index contributed by atoms with van der Waals surface area (Å²) in [4.78, 5) is 27.1. The zero-order valence-corrected chi connectivity index (χ0v) is 18.6. The summed E-state index contributed by atoms with van der Waals surface area (Å²) in [6.45, 7) is 3.50. The second kappa shape index (κ2) is 26.0. The van der Waals surface area contributed by atoms with E-state index in [0.717, 1.165) is 6.66 Å². The first kappa shape index (κ1) is 36.2. The quantitative estimate of drug-likeness (QED) is 0.324. The van der Waals surface area contributed by atoms with Crippen LogP contribution < -0.4 is 103 Å². The summed E-state index contributed by atoms with van der Waals surface area (Å²) in [5.41, 5.74) is 0. The first-order chi connectivity index (χ1) is 5.15. The molecule has 74 valence electrons. The molecule has 2 unspecified atom stereocenters. The van der Waals surface area contributed by atoms with Gasteiger partial charge in [-0.05, 0) is 13.3 Å². The van der Waals surface area contributed by atoms with Crippen molar-refractivity contribution in [2.24, 2.45) is 0 Å². The van der Waals surface area contributed by atoms with Crippen LogP contribution in [0.15, 0.2) is 0 Å². The molecule has 0 heterocycles. The summed E-state index contributed by atoms with van der Waals surface area (Å²) in [6, 6.07) is 0. The zero-order valence-electron chi connectivity index (χ0n) is 9.84. The van der Waals surface area contributed by atoms with Gasteiger partial charge in [-0.25, -0.2) is 0 Å². The molecule has 0 bridgehead atoms. The molecule has 0 aromatic heterocycles. The molecule has 0 saturated carbocycles. The van der Waals surface area contributed by atoms with Crippen LogP contribution in [0.25, 0.3) is 0 Å². The number of hydrogen-bond donors (Lipinski definition) is 0. The molecule has 0 spiro atoms. The van der Waals surface area contributed by atoms with Crippen molar-refractivity contribution in [1.29, 1.82) is 0 Å². The smallest absolute Gasteiger partial charge is 0.800 e. The van der Waals surface area contributed by atoms with E-state index in [9.17, 15) is 9.46 Å². The molecule has 12 heteroatoms. The van der Waals surface area contributed by atoms with Gasteiger partial charge in [0.1, 0.15) is 6.66 Å². The van der Waals surface area contributed by atoms with E-state index < -0.39 is 24.1 Å². The molecule has 0 rings (SSSR count). The predicted molar refractivity (Wildman–Crippen MR) is 42.0 cm³/mol. The second-order valence-corrected chi connectivity index (χ2v) is 5.33. The Kier molecular flexibility index (Phi) is 62.7. The molecule has 0 fully saturated rings. The Bertz CT molecular complexity index is 160. The Hall–Kier alpha value is 3.31. The summed E-state index contributed by atoms with van der Waals surface area (Å²) in [5, 5.41) is 0. The first-order valence-electron chi connectivity index (χ1n) is 2.48. The largest absolute Gasteiger partial charge is 1.00 e. The summed E-state index contributed by atoms with van der Waals surface area (Å²) >= 11 is 0. The molecule has 0 N–H and O–H groups in total. The third-order valence-corrected chi connectivity index (χ3v) is 0. The molecule has 0 aliphatic heterocycles. The molecular weight excluding hydrogens is 294 g/mol. The molecule has 0 amide bonds. The third kappa shape index (κ3) is 370. The topological polar surface area (TPSA) is 120 Å². The first-order valence-corrected chi connectivity index (χ1v) is 7.44. The van der Waals surface area contributed by atoms with Crippen molar-refractivity contribution in [3.63, 3.8) is 0 Å². The summed E-state index contributed by atoms with van der Waals surface area (Å²) < 4.78 is 27.1. The van der Waals surface area contributed by atoms with Gasteiger partial charge in [0.25, 0.3) is 8.69 Å². The molecule has 0 aromatic rings. The molecule has 2 atom stereocenters. The van der Waals surface area contributed by atoms with E-state index in [2.05, 4.69) is 0 Å². The van der Waals surface area contributed by atoms with Crippen molar-refractivity contribution >= 4 is 24.1 Å². The van der Waals surface area contributed by atoms with E-state index in [1.165, 1.54) is 13.3 Å². The second-order valence-electron chi connectivity index (χ2n) is 1.78. The van der Waals surface area contributed by atoms with Crippen LogP contribution in [0.4, 0.5) is 0 Å². The van der Waals surface area contributed by atoms with E-state index in [-0.39, 0.29) is 88.7 Å². The summed E-state index contributed by atoms with van der Waals surface area (Å²) in [5.74, 6) is 0. The van der Waals surface area contributed by atoms with Gasteiger partial charge < -0.3 is 19.2 Å². The van der Waals surface area contributed by atoms with Crippen LogP contribution in [-0.2, 0) is 13.7 Å². The minimum absolute atomic E-state index is 0. The van der Waals surface area contributed by atoms with Crippen LogP contribution in [0.1, 0.15) is 0 Å². The Morgan fingerprint density at radius 3 is 1.20 bits per heavy atom. The number of hydrogen-bond acceptors (Lipinski definition) is 6. The Morgan fingerprint density at radius 1 is 1.20 bits per heavy atom. The van der Waals surface area contributed by atoms with Gasteiger partial charge in [-0.3, -0.25) is 0 Å². The van der Waals surface area contributed by atoms with Gasteiger partial charge in [0.2, 0.25) is 0 Å². The van der Waals surface area contributed by atoms with Crippen molar-refractivity contribution in [3.8, 4) is 0 Å². The fraction of sp³-hybridized carbons (Fsp3) is 1.00. The van der Waals surface area contributed by atoms with Gasteiger partial charge in [-0.15, -0.1) is 0 Å². The van der Waals surface area contributed by atoms with Gasteiger partial charge in [-0.2, -0.15) is 0 Å². The van der Waals surface area contributed by atoms with Crippen molar-refractivity contribution in [1.82, 2.24) is 0 Å². The normalized spacial score (nSPS) is 8.27. The van der Waals surface area contributed by atoms with E-state index in [1.54, 1.807) is 0 Å². The van der Waals surface area contributed by atoms with Crippen LogP contribution in [0.2, 0.25) is 0 Å². The minimum Gasteiger partial charge on any atom is -0.800 e.